The van der Waals surface area contributed by atoms with Crippen molar-refractivity contribution in [1.82, 2.24) is 0 Å². The number of aryl methyl sites for hydroxylation is 2. The van der Waals surface area contributed by atoms with Gasteiger partial charge in [-0.05, 0) is 37.1 Å². The molecule has 4 heteroatoms. The summed E-state index contributed by atoms with van der Waals surface area (Å²) < 4.78 is 0. The van der Waals surface area contributed by atoms with Crippen LogP contribution in [-0.2, 0) is 0 Å². The Hall–Kier alpha value is -1.71. The zero-order chi connectivity index (χ0) is 12.1. The fraction of sp³-hybridized carbons (Fsp3) is 0.417. The van der Waals surface area contributed by atoms with Gasteiger partial charge < -0.3 is 16.3 Å². The maximum Gasteiger partial charge on any atom is 0.143 e. The Kier molecular flexibility index (Phi) is 4.17. The average Bonchev–Trinajstić information content (AvgIpc) is 2.29. The Bertz CT molecular complexity index is 388. The van der Waals surface area contributed by atoms with Crippen LogP contribution >= 0.6 is 0 Å². The zero-order valence-electron chi connectivity index (χ0n) is 9.99. The molecule has 1 aromatic carbocycles. The van der Waals surface area contributed by atoms with Gasteiger partial charge in [0.1, 0.15) is 5.84 Å². The minimum atomic E-state index is 0.00612. The highest BCUT2D eigenvalue weighted by Gasteiger charge is 2.06. The number of hydrogen-bond acceptors (Lipinski definition) is 3. The SMILES string of the molecule is Cc1ccc(NCC(C)C(N)=NO)cc1C. The molecule has 1 aromatic rings. The predicted molar refractivity (Wildman–Crippen MR) is 67.0 cm³/mol. The minimum absolute atomic E-state index is 0.00612. The van der Waals surface area contributed by atoms with E-state index >= 15 is 0 Å². The summed E-state index contributed by atoms with van der Waals surface area (Å²) in [5, 5.41) is 14.8. The van der Waals surface area contributed by atoms with Crippen molar-refractivity contribution in [3.8, 4) is 0 Å². The van der Waals surface area contributed by atoms with Gasteiger partial charge in [-0.3, -0.25) is 0 Å². The quantitative estimate of drug-likeness (QED) is 0.315. The van der Waals surface area contributed by atoms with E-state index in [0.717, 1.165) is 5.69 Å². The van der Waals surface area contributed by atoms with Gasteiger partial charge in [0.2, 0.25) is 0 Å². The molecular weight excluding hydrogens is 202 g/mol. The number of benzene rings is 1. The smallest absolute Gasteiger partial charge is 0.143 e. The number of nitrogens with two attached hydrogens (primary N) is 1. The molecule has 0 amide bonds. The van der Waals surface area contributed by atoms with Crippen molar-refractivity contribution in [1.29, 1.82) is 0 Å². The first-order valence-electron chi connectivity index (χ1n) is 5.33. The number of anilines is 1. The number of rotatable bonds is 4. The lowest BCUT2D eigenvalue weighted by atomic mass is 10.1. The van der Waals surface area contributed by atoms with Crippen LogP contribution in [0.25, 0.3) is 0 Å². The summed E-state index contributed by atoms with van der Waals surface area (Å²) in [6, 6.07) is 6.20. The molecule has 0 spiro atoms. The normalized spacial score (nSPS) is 13.6. The molecular formula is C12H19N3O. The Morgan fingerprint density at radius 3 is 2.69 bits per heavy atom. The summed E-state index contributed by atoms with van der Waals surface area (Å²) in [5.74, 6) is 0.253. The Labute approximate surface area is 96.2 Å². The van der Waals surface area contributed by atoms with E-state index < -0.39 is 0 Å². The van der Waals surface area contributed by atoms with Gasteiger partial charge in [-0.1, -0.05) is 18.1 Å². The maximum absolute atomic E-state index is 8.52. The van der Waals surface area contributed by atoms with E-state index in [1.165, 1.54) is 11.1 Å². The summed E-state index contributed by atoms with van der Waals surface area (Å²) in [4.78, 5) is 0. The molecule has 0 aliphatic carbocycles. The molecule has 4 nitrogen and oxygen atoms in total. The highest BCUT2D eigenvalue weighted by molar-refractivity contribution is 5.82. The summed E-state index contributed by atoms with van der Waals surface area (Å²) in [6.07, 6.45) is 0. The van der Waals surface area contributed by atoms with Crippen LogP contribution in [0.1, 0.15) is 18.1 Å². The monoisotopic (exact) mass is 221 g/mol. The van der Waals surface area contributed by atoms with Crippen LogP contribution in [0.3, 0.4) is 0 Å². The molecule has 0 saturated heterocycles. The molecule has 88 valence electrons. The fourth-order valence-corrected chi connectivity index (χ4v) is 1.33. The van der Waals surface area contributed by atoms with Gasteiger partial charge in [0.05, 0.1) is 0 Å². The molecule has 16 heavy (non-hydrogen) atoms. The molecule has 0 fully saturated rings. The van der Waals surface area contributed by atoms with E-state index in [0.29, 0.717) is 6.54 Å². The number of nitrogens with one attached hydrogen (secondary N) is 1. The van der Waals surface area contributed by atoms with E-state index in [2.05, 4.69) is 36.5 Å². The third-order valence-electron chi connectivity index (χ3n) is 2.74. The second-order valence-electron chi connectivity index (χ2n) is 4.11. The van der Waals surface area contributed by atoms with Crippen LogP contribution in [0, 0.1) is 19.8 Å². The van der Waals surface area contributed by atoms with Crippen molar-refractivity contribution in [2.45, 2.75) is 20.8 Å². The van der Waals surface area contributed by atoms with Crippen LogP contribution < -0.4 is 11.1 Å². The van der Waals surface area contributed by atoms with Crippen molar-refractivity contribution in [3.05, 3.63) is 29.3 Å². The number of amidine groups is 1. The second-order valence-corrected chi connectivity index (χ2v) is 4.11. The van der Waals surface area contributed by atoms with E-state index in [-0.39, 0.29) is 11.8 Å². The molecule has 0 aliphatic heterocycles. The van der Waals surface area contributed by atoms with Crippen LogP contribution in [0.5, 0.6) is 0 Å². The Morgan fingerprint density at radius 2 is 2.12 bits per heavy atom. The molecule has 1 rings (SSSR count). The van der Waals surface area contributed by atoms with Gasteiger partial charge in [0.25, 0.3) is 0 Å². The fourth-order valence-electron chi connectivity index (χ4n) is 1.33. The van der Waals surface area contributed by atoms with Crippen molar-refractivity contribution in [2.75, 3.05) is 11.9 Å². The van der Waals surface area contributed by atoms with Crippen LogP contribution in [0.4, 0.5) is 5.69 Å². The third kappa shape index (κ3) is 3.15. The molecule has 0 radical (unpaired) electrons. The highest BCUT2D eigenvalue weighted by atomic mass is 16.4. The summed E-state index contributed by atoms with van der Waals surface area (Å²) in [6.45, 7) is 6.72. The lowest BCUT2D eigenvalue weighted by Gasteiger charge is -2.13. The van der Waals surface area contributed by atoms with Gasteiger partial charge in [0.15, 0.2) is 0 Å². The molecule has 1 unspecified atom stereocenters. The lowest BCUT2D eigenvalue weighted by molar-refractivity contribution is 0.315. The highest BCUT2D eigenvalue weighted by Crippen LogP contribution is 2.14. The average molecular weight is 221 g/mol. The molecule has 4 N–H and O–H groups in total. The Balaban J connectivity index is 2.58. The number of oxime groups is 1. The van der Waals surface area contributed by atoms with Crippen molar-refractivity contribution in [3.63, 3.8) is 0 Å². The number of hydrogen-bond donors (Lipinski definition) is 3. The van der Waals surface area contributed by atoms with Crippen molar-refractivity contribution in [2.24, 2.45) is 16.8 Å². The topological polar surface area (TPSA) is 70.6 Å². The van der Waals surface area contributed by atoms with Gasteiger partial charge in [-0.2, -0.15) is 0 Å². The maximum atomic E-state index is 8.52. The Morgan fingerprint density at radius 1 is 1.44 bits per heavy atom. The number of nitrogens with zero attached hydrogens (tertiary/aromatic N) is 1. The van der Waals surface area contributed by atoms with Gasteiger partial charge in [0, 0.05) is 18.2 Å². The molecule has 0 saturated carbocycles. The summed E-state index contributed by atoms with van der Waals surface area (Å²) in [5.41, 5.74) is 9.08. The first-order chi connectivity index (χ1) is 7.54. The largest absolute Gasteiger partial charge is 0.409 e. The summed E-state index contributed by atoms with van der Waals surface area (Å²) >= 11 is 0. The molecule has 0 heterocycles. The van der Waals surface area contributed by atoms with Gasteiger partial charge in [-0.25, -0.2) is 0 Å². The second kappa shape index (κ2) is 5.39. The van der Waals surface area contributed by atoms with Gasteiger partial charge in [-0.15, -0.1) is 0 Å². The van der Waals surface area contributed by atoms with Crippen LogP contribution in [-0.4, -0.2) is 17.6 Å². The first-order valence-corrected chi connectivity index (χ1v) is 5.33. The first kappa shape index (κ1) is 12.4. The van der Waals surface area contributed by atoms with E-state index in [9.17, 15) is 0 Å². The minimum Gasteiger partial charge on any atom is -0.409 e. The van der Waals surface area contributed by atoms with Crippen LogP contribution in [0.15, 0.2) is 23.4 Å². The molecule has 0 aromatic heterocycles. The van der Waals surface area contributed by atoms with E-state index in [1.807, 2.05) is 13.0 Å². The van der Waals surface area contributed by atoms with E-state index in [4.69, 9.17) is 10.9 Å². The van der Waals surface area contributed by atoms with Gasteiger partial charge >= 0.3 is 0 Å². The lowest BCUT2D eigenvalue weighted by Crippen LogP contribution is -2.27. The third-order valence-corrected chi connectivity index (χ3v) is 2.74. The molecule has 0 bridgehead atoms. The molecule has 1 atom stereocenters. The summed E-state index contributed by atoms with van der Waals surface area (Å²) in [7, 11) is 0. The molecule has 0 aliphatic rings. The predicted octanol–water partition coefficient (Wildman–Crippen LogP) is 2.10. The van der Waals surface area contributed by atoms with Crippen molar-refractivity contribution < 1.29 is 5.21 Å². The standard InChI is InChI=1S/C12H19N3O/c1-8-4-5-11(6-9(8)2)14-7-10(3)12(13)15-16/h4-6,10,14,16H,7H2,1-3H3,(H2,13,15). The van der Waals surface area contributed by atoms with Crippen molar-refractivity contribution >= 4 is 11.5 Å². The van der Waals surface area contributed by atoms with Crippen LogP contribution in [0.2, 0.25) is 0 Å². The van der Waals surface area contributed by atoms with E-state index in [1.54, 1.807) is 0 Å². The zero-order valence-corrected chi connectivity index (χ0v) is 9.99.